The van der Waals surface area contributed by atoms with Gasteiger partial charge in [-0.3, -0.25) is 14.3 Å². The number of carbonyl (C=O) groups is 1. The molecular weight excluding hydrogens is 413 g/mol. The average molecular weight is 435 g/mol. The maximum absolute atomic E-state index is 13.8. The van der Waals surface area contributed by atoms with Gasteiger partial charge in [0.25, 0.3) is 5.91 Å². The first kappa shape index (κ1) is 20.2. The quantitative estimate of drug-likeness (QED) is 0.681. The third-order valence-corrected chi connectivity index (χ3v) is 6.45. The molecule has 1 unspecified atom stereocenters. The molecule has 3 heterocycles. The summed E-state index contributed by atoms with van der Waals surface area (Å²) in [6.07, 6.45) is 2.60. The fourth-order valence-corrected chi connectivity index (χ4v) is 5.04. The molecule has 2 aromatic carbocycles. The van der Waals surface area contributed by atoms with Crippen LogP contribution in [0.4, 0.5) is 4.39 Å². The molecular formula is C24H22FN3O4. The number of aromatic hydroxyl groups is 1. The Labute approximate surface area is 183 Å². The first-order valence-corrected chi connectivity index (χ1v) is 10.5. The average Bonchev–Trinajstić information content (AvgIpc) is 3.30. The third-order valence-electron chi connectivity index (χ3n) is 6.45. The van der Waals surface area contributed by atoms with Gasteiger partial charge in [-0.15, -0.1) is 0 Å². The van der Waals surface area contributed by atoms with Gasteiger partial charge in [0.2, 0.25) is 5.43 Å². The highest BCUT2D eigenvalue weighted by Gasteiger charge is 2.48. The molecule has 7 nitrogen and oxygen atoms in total. The van der Waals surface area contributed by atoms with E-state index in [-0.39, 0.29) is 23.5 Å². The van der Waals surface area contributed by atoms with Crippen molar-refractivity contribution in [3.8, 4) is 11.5 Å². The lowest BCUT2D eigenvalue weighted by atomic mass is 9.80. The summed E-state index contributed by atoms with van der Waals surface area (Å²) in [5, 5.41) is 14.8. The number of halogens is 1. The van der Waals surface area contributed by atoms with Crippen molar-refractivity contribution in [2.75, 3.05) is 13.7 Å². The van der Waals surface area contributed by atoms with Crippen molar-refractivity contribution in [3.05, 3.63) is 87.6 Å². The van der Waals surface area contributed by atoms with E-state index in [0.717, 1.165) is 30.2 Å². The fourth-order valence-electron chi connectivity index (χ4n) is 5.04. The van der Waals surface area contributed by atoms with Gasteiger partial charge in [-0.1, -0.05) is 24.3 Å². The smallest absolute Gasteiger partial charge is 0.276 e. The lowest BCUT2D eigenvalue weighted by Crippen LogP contribution is -2.50. The Bertz CT molecular complexity index is 1240. The Morgan fingerprint density at radius 1 is 1.16 bits per heavy atom. The van der Waals surface area contributed by atoms with E-state index in [4.69, 9.17) is 4.74 Å². The van der Waals surface area contributed by atoms with Gasteiger partial charge in [0.05, 0.1) is 25.4 Å². The molecule has 1 aromatic heterocycles. The number of nitrogens with zero attached hydrogens (tertiary/aromatic N) is 3. The summed E-state index contributed by atoms with van der Waals surface area (Å²) in [7, 11) is 1.59. The summed E-state index contributed by atoms with van der Waals surface area (Å²) < 4.78 is 20.7. The molecule has 0 bridgehead atoms. The van der Waals surface area contributed by atoms with Crippen molar-refractivity contribution in [3.63, 3.8) is 0 Å². The zero-order valence-electron chi connectivity index (χ0n) is 17.4. The second kappa shape index (κ2) is 7.78. The van der Waals surface area contributed by atoms with E-state index in [9.17, 15) is 19.1 Å². The molecule has 1 amide bonds. The molecule has 3 aromatic rings. The standard InChI is InChI=1S/C24H22FN3O4/c1-32-17-5-2-4-15(12-17)20(14-7-9-16(25)10-8-14)21-18-6-3-11-27(18)24(31)22-23(30)19(29)13-26-28(21)22/h2,4-5,7-10,12-13,18,20-21,30H,3,6,11H2,1H3/t18-,20?,21-/m1/s1. The van der Waals surface area contributed by atoms with Gasteiger partial charge in [0, 0.05) is 12.5 Å². The number of aromatic nitrogens is 2. The topological polar surface area (TPSA) is 84.7 Å². The van der Waals surface area contributed by atoms with Crippen molar-refractivity contribution < 1.29 is 19.0 Å². The van der Waals surface area contributed by atoms with Gasteiger partial charge < -0.3 is 14.7 Å². The Balaban J connectivity index is 1.77. The monoisotopic (exact) mass is 435 g/mol. The van der Waals surface area contributed by atoms with Crippen molar-refractivity contribution in [1.29, 1.82) is 0 Å². The van der Waals surface area contributed by atoms with Crippen LogP contribution in [-0.4, -0.2) is 45.4 Å². The lowest BCUT2D eigenvalue weighted by Gasteiger charge is -2.42. The van der Waals surface area contributed by atoms with E-state index in [1.54, 1.807) is 24.1 Å². The second-order valence-electron chi connectivity index (χ2n) is 8.16. The van der Waals surface area contributed by atoms with Crippen molar-refractivity contribution in [2.45, 2.75) is 30.8 Å². The van der Waals surface area contributed by atoms with Crippen molar-refractivity contribution in [2.24, 2.45) is 0 Å². The minimum absolute atomic E-state index is 0.101. The van der Waals surface area contributed by atoms with Crippen molar-refractivity contribution in [1.82, 2.24) is 14.7 Å². The second-order valence-corrected chi connectivity index (χ2v) is 8.16. The van der Waals surface area contributed by atoms with Crippen LogP contribution in [0.5, 0.6) is 11.5 Å². The fraction of sp³-hybridized carbons (Fsp3) is 0.292. The molecule has 0 aliphatic carbocycles. The van der Waals surface area contributed by atoms with Crippen molar-refractivity contribution >= 4 is 5.91 Å². The summed E-state index contributed by atoms with van der Waals surface area (Å²) in [6.45, 7) is 0.538. The molecule has 0 spiro atoms. The highest BCUT2D eigenvalue weighted by Crippen LogP contribution is 2.46. The van der Waals surface area contributed by atoms with E-state index < -0.39 is 23.1 Å². The van der Waals surface area contributed by atoms with E-state index in [1.165, 1.54) is 16.8 Å². The van der Waals surface area contributed by atoms with Crippen LogP contribution in [0.2, 0.25) is 0 Å². The largest absolute Gasteiger partial charge is 0.502 e. The van der Waals surface area contributed by atoms with Gasteiger partial charge in [-0.25, -0.2) is 4.39 Å². The molecule has 1 saturated heterocycles. The molecule has 32 heavy (non-hydrogen) atoms. The Kier molecular flexibility index (Phi) is 4.92. The molecule has 5 rings (SSSR count). The predicted molar refractivity (Wildman–Crippen MR) is 114 cm³/mol. The Morgan fingerprint density at radius 3 is 2.69 bits per heavy atom. The zero-order chi connectivity index (χ0) is 22.4. The van der Waals surface area contributed by atoms with Crippen LogP contribution in [-0.2, 0) is 0 Å². The van der Waals surface area contributed by atoms with Gasteiger partial charge in [-0.05, 0) is 48.2 Å². The summed E-state index contributed by atoms with van der Waals surface area (Å²) in [6, 6.07) is 13.2. The van der Waals surface area contributed by atoms with Gasteiger partial charge in [-0.2, -0.15) is 5.10 Å². The highest BCUT2D eigenvalue weighted by molar-refractivity contribution is 5.96. The predicted octanol–water partition coefficient (Wildman–Crippen LogP) is 3.09. The van der Waals surface area contributed by atoms with Crippen LogP contribution >= 0.6 is 0 Å². The van der Waals surface area contributed by atoms with Gasteiger partial charge in [0.1, 0.15) is 11.6 Å². The number of amides is 1. The van der Waals surface area contributed by atoms with E-state index in [2.05, 4.69) is 5.10 Å². The molecule has 8 heteroatoms. The Hall–Kier alpha value is -3.68. The van der Waals surface area contributed by atoms with Crippen LogP contribution in [0.3, 0.4) is 0 Å². The van der Waals surface area contributed by atoms with E-state index in [1.807, 2.05) is 24.3 Å². The van der Waals surface area contributed by atoms with Crippen LogP contribution in [0.15, 0.2) is 59.5 Å². The number of hydrogen-bond acceptors (Lipinski definition) is 5. The molecule has 1 N–H and O–H groups in total. The minimum atomic E-state index is -0.694. The van der Waals surface area contributed by atoms with E-state index in [0.29, 0.717) is 12.3 Å². The molecule has 0 radical (unpaired) electrons. The molecule has 2 aliphatic rings. The Morgan fingerprint density at radius 2 is 1.94 bits per heavy atom. The number of ether oxygens (including phenoxy) is 1. The van der Waals surface area contributed by atoms with Gasteiger partial charge >= 0.3 is 0 Å². The third kappa shape index (κ3) is 3.14. The molecule has 2 aliphatic heterocycles. The minimum Gasteiger partial charge on any atom is -0.502 e. The number of benzene rings is 2. The maximum atomic E-state index is 13.8. The molecule has 164 valence electrons. The van der Waals surface area contributed by atoms with E-state index >= 15 is 0 Å². The lowest BCUT2D eigenvalue weighted by molar-refractivity contribution is 0.0565. The molecule has 0 saturated carbocycles. The first-order valence-electron chi connectivity index (χ1n) is 10.5. The number of rotatable bonds is 4. The van der Waals surface area contributed by atoms with Crippen LogP contribution in [0.25, 0.3) is 0 Å². The van der Waals surface area contributed by atoms with Crippen LogP contribution < -0.4 is 10.2 Å². The first-order chi connectivity index (χ1) is 15.5. The summed E-state index contributed by atoms with van der Waals surface area (Å²) in [5.41, 5.74) is 0.932. The normalized spacial score (nSPS) is 20.6. The summed E-state index contributed by atoms with van der Waals surface area (Å²) >= 11 is 0. The maximum Gasteiger partial charge on any atom is 0.276 e. The molecule has 1 fully saturated rings. The highest BCUT2D eigenvalue weighted by atomic mass is 19.1. The number of hydrogen-bond donors (Lipinski definition) is 1. The summed E-state index contributed by atoms with van der Waals surface area (Å²) in [5.74, 6) is -1.00. The number of methoxy groups -OCH3 is 1. The summed E-state index contributed by atoms with van der Waals surface area (Å²) in [4.78, 5) is 27.0. The zero-order valence-corrected chi connectivity index (χ0v) is 17.4. The number of fused-ring (bicyclic) bond motifs is 2. The van der Waals surface area contributed by atoms with Gasteiger partial charge in [0.15, 0.2) is 11.4 Å². The van der Waals surface area contributed by atoms with Crippen LogP contribution in [0.1, 0.15) is 46.4 Å². The molecule has 3 atom stereocenters. The van der Waals surface area contributed by atoms with Crippen LogP contribution in [0, 0.1) is 5.82 Å². The number of carbonyl (C=O) groups excluding carboxylic acids is 1. The SMILES string of the molecule is COc1cccc(C(c2ccc(F)cc2)[C@H]2[C@H]3CCCN3C(=O)c3c(O)c(=O)cnn32)c1.